The van der Waals surface area contributed by atoms with Crippen molar-refractivity contribution in [3.63, 3.8) is 0 Å². The van der Waals surface area contributed by atoms with E-state index in [0.717, 1.165) is 11.8 Å². The third kappa shape index (κ3) is 3.65. The molecular weight excluding hydrogens is 961 g/mol. The molecular formula is C80H104. The lowest BCUT2D eigenvalue weighted by Gasteiger charge is -2.61. The van der Waals surface area contributed by atoms with E-state index >= 15 is 0 Å². The molecule has 0 nitrogen and oxygen atoms in total. The molecule has 0 aromatic rings. The Balaban J connectivity index is 0.0000000972. The van der Waals surface area contributed by atoms with Gasteiger partial charge in [-0.1, -0.05) is 26.7 Å². The Labute approximate surface area is 482 Å². The fourth-order valence-corrected chi connectivity index (χ4v) is 47.9. The highest BCUT2D eigenvalue weighted by Crippen LogP contribution is 2.95. The van der Waals surface area contributed by atoms with E-state index in [1.54, 1.807) is 128 Å². The lowest BCUT2D eigenvalue weighted by molar-refractivity contribution is -0.147. The van der Waals surface area contributed by atoms with Crippen molar-refractivity contribution in [2.24, 2.45) is 343 Å². The van der Waals surface area contributed by atoms with Crippen LogP contribution in [0.2, 0.25) is 0 Å². The summed E-state index contributed by atoms with van der Waals surface area (Å²) in [4.78, 5) is 0. The van der Waals surface area contributed by atoms with Crippen LogP contribution in [0.3, 0.4) is 0 Å². The average molecular weight is 1070 g/mol. The molecule has 0 spiro atoms. The molecule has 0 saturated heterocycles. The van der Waals surface area contributed by atoms with Gasteiger partial charge in [-0.25, -0.2) is 0 Å². The Bertz CT molecular complexity index is 2550. The molecule has 30 aliphatic rings. The van der Waals surface area contributed by atoms with Crippen LogP contribution in [0.5, 0.6) is 0 Å². The fraction of sp³-hybridized carbons (Fsp3) is 1.00. The van der Waals surface area contributed by atoms with E-state index in [0.29, 0.717) is 0 Å². The molecule has 48 atom stereocenters. The van der Waals surface area contributed by atoms with E-state index in [1.807, 2.05) is 0 Å². The van der Waals surface area contributed by atoms with Gasteiger partial charge in [-0.15, -0.1) is 0 Å². The Hall–Kier alpha value is 0. The van der Waals surface area contributed by atoms with Crippen LogP contribution in [0.4, 0.5) is 0 Å². The number of hydrogen-bond donors (Lipinski definition) is 0. The molecule has 0 heteroatoms. The van der Waals surface area contributed by atoms with Gasteiger partial charge < -0.3 is 0 Å². The van der Waals surface area contributed by atoms with Crippen LogP contribution in [-0.2, 0) is 0 Å². The largest absolute Gasteiger partial charge is 0.0651 e. The summed E-state index contributed by atoms with van der Waals surface area (Å²) >= 11 is 0. The molecule has 0 aromatic carbocycles. The molecule has 0 radical (unpaired) electrons. The van der Waals surface area contributed by atoms with Crippen LogP contribution < -0.4 is 0 Å². The predicted molar refractivity (Wildman–Crippen MR) is 306 cm³/mol. The minimum Gasteiger partial charge on any atom is -0.0651 e. The zero-order valence-corrected chi connectivity index (χ0v) is 49.6. The Morgan fingerprint density at radius 1 is 0.163 bits per heavy atom. The molecule has 80 heavy (non-hydrogen) atoms. The average Bonchev–Trinajstić information content (AvgIpc) is 1.78. The third-order valence-corrected chi connectivity index (χ3v) is 44.7. The molecule has 0 aliphatic heterocycles. The first-order chi connectivity index (χ1) is 39.7. The summed E-state index contributed by atoms with van der Waals surface area (Å²) < 4.78 is 0. The maximum absolute atomic E-state index is 2.69. The lowest BCUT2D eigenvalue weighted by atomic mass is 9.43. The first kappa shape index (κ1) is 42.8. The van der Waals surface area contributed by atoms with E-state index < -0.39 is 0 Å². The van der Waals surface area contributed by atoms with Crippen molar-refractivity contribution < 1.29 is 0 Å². The summed E-state index contributed by atoms with van der Waals surface area (Å²) in [6, 6.07) is 0. The molecule has 424 valence electrons. The van der Waals surface area contributed by atoms with Gasteiger partial charge in [-0.05, 0) is 459 Å². The third-order valence-electron chi connectivity index (χ3n) is 44.7. The Kier molecular flexibility index (Phi) is 6.83. The summed E-state index contributed by atoms with van der Waals surface area (Å²) in [7, 11) is 0. The number of hydrogen-bond acceptors (Lipinski definition) is 0. The van der Waals surface area contributed by atoms with E-state index in [2.05, 4.69) is 13.8 Å². The van der Waals surface area contributed by atoms with E-state index in [1.165, 1.54) is 331 Å². The first-order valence-electron chi connectivity index (χ1n) is 39.7. The highest BCUT2D eigenvalue weighted by atomic mass is 15.0. The van der Waals surface area contributed by atoms with Crippen molar-refractivity contribution >= 4 is 0 Å². The van der Waals surface area contributed by atoms with Crippen molar-refractivity contribution in [1.29, 1.82) is 0 Å². The van der Waals surface area contributed by atoms with Gasteiger partial charge in [-0.2, -0.15) is 0 Å². The van der Waals surface area contributed by atoms with Gasteiger partial charge in [0, 0.05) is 0 Å². The lowest BCUT2D eigenvalue weighted by Crippen LogP contribution is -2.58. The maximum atomic E-state index is 2.69. The normalized spacial score (nSPS) is 84.1. The second kappa shape index (κ2) is 12.8. The second-order valence-electron chi connectivity index (χ2n) is 41.3. The summed E-state index contributed by atoms with van der Waals surface area (Å²) in [5.41, 5.74) is 0. The monoisotopic (exact) mass is 1060 g/mol. The molecule has 30 saturated carbocycles. The molecule has 0 amide bonds. The van der Waals surface area contributed by atoms with E-state index in [4.69, 9.17) is 0 Å². The fourth-order valence-electron chi connectivity index (χ4n) is 47.9. The summed E-state index contributed by atoms with van der Waals surface area (Å²) in [6.45, 7) is 5.35. The maximum Gasteiger partial charge on any atom is -0.0312 e. The first-order valence-corrected chi connectivity index (χ1v) is 39.7. The van der Waals surface area contributed by atoms with Gasteiger partial charge in [0.25, 0.3) is 0 Å². The Morgan fingerprint density at radius 2 is 0.375 bits per heavy atom. The highest BCUT2D eigenvalue weighted by molar-refractivity contribution is 5.38. The quantitative estimate of drug-likeness (QED) is 0.259. The van der Waals surface area contributed by atoms with Crippen LogP contribution in [0.25, 0.3) is 0 Å². The number of rotatable bonds is 2. The van der Waals surface area contributed by atoms with Crippen molar-refractivity contribution in [2.75, 3.05) is 0 Å². The van der Waals surface area contributed by atoms with Crippen molar-refractivity contribution in [1.82, 2.24) is 0 Å². The molecule has 30 aliphatic carbocycles. The molecule has 0 aromatic heterocycles. The van der Waals surface area contributed by atoms with E-state index in [-0.39, 0.29) is 0 Å². The molecule has 0 N–H and O–H groups in total. The van der Waals surface area contributed by atoms with Crippen LogP contribution in [0.1, 0.15) is 142 Å². The van der Waals surface area contributed by atoms with Crippen LogP contribution in [-0.4, -0.2) is 0 Å². The van der Waals surface area contributed by atoms with Crippen molar-refractivity contribution in [3.05, 3.63) is 0 Å². The SMILES string of the molecule is C1CC2C3CCC4C5CCC6C7CCC8C9CCC%10C1C1C2C2C3C4C3C5C6C4C7C8C5C9C%10C1C1C2C3C4C51.CCC1C2CC[C@@H]3C4CC[C@@H]5[C@@H]6CCC7C[C@H]8[C@H]9C(CC)C[C@H]%10[C@@H]1[C@H]1[C@@H]2[C@@H]3[C@H]2[C@@H]4[C@@H]5[C@@H]3[C@@H]4[C@H]2[C@H]1[C@@H]([C@@H]4[C@H]8[C@H]7[C@H]63)[C@H]%109. The molecule has 25 unspecified atom stereocenters. The van der Waals surface area contributed by atoms with Gasteiger partial charge >= 0.3 is 0 Å². The van der Waals surface area contributed by atoms with Crippen molar-refractivity contribution in [3.8, 4) is 0 Å². The van der Waals surface area contributed by atoms with Crippen LogP contribution in [0, 0.1) is 343 Å². The van der Waals surface area contributed by atoms with E-state index in [9.17, 15) is 0 Å². The molecule has 0 heterocycles. The second-order valence-corrected chi connectivity index (χ2v) is 41.3. The summed E-state index contributed by atoms with van der Waals surface area (Å²) in [5, 5.41) is 0. The minimum atomic E-state index is 1.13. The zero-order chi connectivity index (χ0) is 49.6. The summed E-state index contributed by atoms with van der Waals surface area (Å²) in [6.07, 6.45) is 34.0. The van der Waals surface area contributed by atoms with Gasteiger partial charge in [0.2, 0.25) is 0 Å². The van der Waals surface area contributed by atoms with Gasteiger partial charge in [0.1, 0.15) is 0 Å². The van der Waals surface area contributed by atoms with Crippen LogP contribution in [0.15, 0.2) is 0 Å². The zero-order valence-electron chi connectivity index (χ0n) is 49.6. The smallest absolute Gasteiger partial charge is 0.0312 e. The standard InChI is InChI=1S/C40H50.C40H54/c1-2-12-14-5-6-16-18-9-10-20-19-8-7-17-15-4-3-13-11(1)21-22(12)32-24(14)26(16)34-29(18)30(20)35-28(19)27(17)33-25(15)23(13)31(21)36-37(32)39(34)40(35)38(33)36;1-3-13-11-22-25-15(4-2)16-7-8-19-20-10-9-18-17-6-5-14-12-21-23(13)31(22)36-37-32(21)24(14)26(17)34-29(18)30(20)35-28(19)27(16)33(25)38(36)40(35)39(34)37/h11-40H,1-10H2;13-40H,3-12H2,1-2H3/t;13?,14?,15?,16?,17-,18+,19+,20?,21-,22-,23+,24+,25+,26-,27-,28+,29+,30-,31+,32+,33-,34+,35-,36+,37-,38+,39-,40+/m.0/s1. The van der Waals surface area contributed by atoms with Gasteiger partial charge in [-0.3, -0.25) is 0 Å². The van der Waals surface area contributed by atoms with Gasteiger partial charge in [0.05, 0.1) is 0 Å². The molecule has 0 bridgehead atoms. The van der Waals surface area contributed by atoms with Crippen LogP contribution >= 0.6 is 0 Å². The number of fused-ring (bicyclic) bond motifs is 9. The predicted octanol–water partition coefficient (Wildman–Crippen LogP) is 16.0. The summed E-state index contributed by atoms with van der Waals surface area (Å²) in [5.74, 6) is 72.0. The molecule has 30 fully saturated rings. The topological polar surface area (TPSA) is 0 Å². The minimum absolute atomic E-state index is 1.13. The molecule has 30 rings (SSSR count). The highest BCUT2D eigenvalue weighted by Gasteiger charge is 2.91. The van der Waals surface area contributed by atoms with Gasteiger partial charge in [0.15, 0.2) is 0 Å². The van der Waals surface area contributed by atoms with Crippen molar-refractivity contribution in [2.45, 2.75) is 142 Å². The Morgan fingerprint density at radius 3 is 0.688 bits per heavy atom.